The van der Waals surface area contributed by atoms with E-state index in [1.807, 2.05) is 36.8 Å². The van der Waals surface area contributed by atoms with E-state index in [0.717, 1.165) is 47.6 Å². The zero-order chi connectivity index (χ0) is 20.8. The van der Waals surface area contributed by atoms with Crippen LogP contribution in [0.25, 0.3) is 11.0 Å². The van der Waals surface area contributed by atoms with E-state index >= 15 is 0 Å². The fourth-order valence-corrected chi connectivity index (χ4v) is 4.88. The molecule has 30 heavy (non-hydrogen) atoms. The molecule has 1 N–H and O–H groups in total. The molecule has 5 rings (SSSR count). The Kier molecular flexibility index (Phi) is 4.54. The molecule has 0 amide bonds. The van der Waals surface area contributed by atoms with Crippen molar-refractivity contribution >= 4 is 28.6 Å². The molecule has 6 nitrogen and oxygen atoms in total. The Labute approximate surface area is 177 Å². The molecule has 1 aliphatic carbocycles. The highest BCUT2D eigenvalue weighted by atomic mass is 15.3. The van der Waals surface area contributed by atoms with Gasteiger partial charge in [0.2, 0.25) is 0 Å². The van der Waals surface area contributed by atoms with E-state index in [1.54, 1.807) is 12.4 Å². The first-order chi connectivity index (χ1) is 14.4. The van der Waals surface area contributed by atoms with Gasteiger partial charge < -0.3 is 10.2 Å². The Morgan fingerprint density at radius 3 is 2.77 bits per heavy atom. The van der Waals surface area contributed by atoms with Crippen molar-refractivity contribution in [3.8, 4) is 0 Å². The molecule has 1 saturated heterocycles. The number of rotatable bonds is 3. The lowest BCUT2D eigenvalue weighted by atomic mass is 9.86. The van der Waals surface area contributed by atoms with Gasteiger partial charge >= 0.3 is 0 Å². The van der Waals surface area contributed by atoms with Gasteiger partial charge in [0.1, 0.15) is 5.69 Å². The average molecular weight is 401 g/mol. The Hall–Kier alpha value is -2.86. The molecule has 1 aliphatic heterocycles. The molecule has 2 fully saturated rings. The van der Waals surface area contributed by atoms with Crippen LogP contribution in [0.15, 0.2) is 54.0 Å². The number of nitrogens with zero attached hydrogens (tertiary/aromatic N) is 5. The van der Waals surface area contributed by atoms with Gasteiger partial charge in [-0.3, -0.25) is 19.9 Å². The van der Waals surface area contributed by atoms with Gasteiger partial charge in [-0.1, -0.05) is 26.8 Å². The Morgan fingerprint density at radius 1 is 1.13 bits per heavy atom. The maximum Gasteiger partial charge on any atom is 0.105 e. The fraction of sp³-hybridized carbons (Fsp3) is 0.417. The van der Waals surface area contributed by atoms with Gasteiger partial charge in [0.05, 0.1) is 22.9 Å². The van der Waals surface area contributed by atoms with Gasteiger partial charge in [-0.05, 0) is 41.5 Å². The number of piperazine rings is 1. The molecule has 2 aliphatic rings. The zero-order valence-electron chi connectivity index (χ0n) is 17.8. The smallest absolute Gasteiger partial charge is 0.105 e. The second kappa shape index (κ2) is 7.13. The van der Waals surface area contributed by atoms with Gasteiger partial charge in [-0.25, -0.2) is 0 Å². The third kappa shape index (κ3) is 3.56. The zero-order valence-corrected chi connectivity index (χ0v) is 17.8. The number of anilines is 1. The van der Waals surface area contributed by atoms with E-state index in [4.69, 9.17) is 4.99 Å². The third-order valence-corrected chi connectivity index (χ3v) is 6.42. The SMILES string of the molecule is CC(C)(C)C1CC12CN(c1ccncc1/N=C/c1ccc3nccnc3c1)CCN2. The summed E-state index contributed by atoms with van der Waals surface area (Å²) in [6.07, 6.45) is 10.3. The van der Waals surface area contributed by atoms with E-state index in [-0.39, 0.29) is 5.54 Å². The molecule has 2 atom stereocenters. The number of nitrogens with one attached hydrogen (secondary N) is 1. The lowest BCUT2D eigenvalue weighted by Gasteiger charge is -2.38. The Morgan fingerprint density at radius 2 is 1.97 bits per heavy atom. The van der Waals surface area contributed by atoms with E-state index in [2.05, 4.69) is 52.0 Å². The van der Waals surface area contributed by atoms with Crippen LogP contribution in [0.1, 0.15) is 32.8 Å². The standard InChI is InChI=1S/C24H28N6/c1-23(2,3)22-13-24(22)16-30(11-10-29-24)21-6-7-25-15-20(21)28-14-17-4-5-18-19(12-17)27-9-8-26-18/h4-9,12,14-15,22,29H,10-11,13,16H2,1-3H3/b28-14+. The topological polar surface area (TPSA) is 66.3 Å². The van der Waals surface area contributed by atoms with Gasteiger partial charge in [-0.15, -0.1) is 0 Å². The quantitative estimate of drug-likeness (QED) is 0.674. The van der Waals surface area contributed by atoms with Gasteiger partial charge in [0.15, 0.2) is 0 Å². The summed E-state index contributed by atoms with van der Waals surface area (Å²) in [6.45, 7) is 10.1. The minimum Gasteiger partial charge on any atom is -0.367 e. The maximum absolute atomic E-state index is 4.80. The number of fused-ring (bicyclic) bond motifs is 1. The highest BCUT2D eigenvalue weighted by Gasteiger charge is 2.60. The molecule has 0 radical (unpaired) electrons. The van der Waals surface area contributed by atoms with E-state index in [1.165, 1.54) is 6.42 Å². The first-order valence-electron chi connectivity index (χ1n) is 10.6. The summed E-state index contributed by atoms with van der Waals surface area (Å²) in [7, 11) is 0. The molecule has 3 aromatic rings. The lowest BCUT2D eigenvalue weighted by molar-refractivity contribution is 0.282. The summed E-state index contributed by atoms with van der Waals surface area (Å²) in [6, 6.07) is 8.11. The number of benzene rings is 1. The van der Waals surface area contributed by atoms with Gasteiger partial charge in [0, 0.05) is 50.0 Å². The predicted molar refractivity (Wildman–Crippen MR) is 122 cm³/mol. The Bertz CT molecular complexity index is 1100. The van der Waals surface area contributed by atoms with Crippen LogP contribution in [0.3, 0.4) is 0 Å². The molecular weight excluding hydrogens is 372 g/mol. The van der Waals surface area contributed by atoms with Gasteiger partial charge in [-0.2, -0.15) is 0 Å². The predicted octanol–water partition coefficient (Wildman–Crippen LogP) is 3.99. The first kappa shape index (κ1) is 19.1. The molecule has 1 spiro atoms. The number of pyridine rings is 1. The van der Waals surface area contributed by atoms with Crippen molar-refractivity contribution in [3.05, 3.63) is 54.6 Å². The number of hydrogen-bond acceptors (Lipinski definition) is 6. The van der Waals surface area contributed by atoms with Gasteiger partial charge in [0.25, 0.3) is 0 Å². The average Bonchev–Trinajstić information content (AvgIpc) is 3.45. The first-order valence-corrected chi connectivity index (χ1v) is 10.6. The van der Waals surface area contributed by atoms with E-state index in [0.29, 0.717) is 11.3 Å². The number of aliphatic imine (C=N–C) groups is 1. The van der Waals surface area contributed by atoms with Crippen molar-refractivity contribution in [2.24, 2.45) is 16.3 Å². The molecule has 1 saturated carbocycles. The van der Waals surface area contributed by atoms with Crippen LogP contribution in [-0.4, -0.2) is 46.3 Å². The summed E-state index contributed by atoms with van der Waals surface area (Å²) in [5.74, 6) is 0.709. The number of hydrogen-bond donors (Lipinski definition) is 1. The van der Waals surface area contributed by atoms with Crippen LogP contribution in [0.4, 0.5) is 11.4 Å². The monoisotopic (exact) mass is 400 g/mol. The van der Waals surface area contributed by atoms with Crippen molar-refractivity contribution < 1.29 is 0 Å². The normalized spacial score (nSPS) is 24.1. The molecule has 3 heterocycles. The van der Waals surface area contributed by atoms with Crippen molar-refractivity contribution in [2.75, 3.05) is 24.5 Å². The van der Waals surface area contributed by atoms with Crippen LogP contribution in [0.2, 0.25) is 0 Å². The third-order valence-electron chi connectivity index (χ3n) is 6.42. The molecule has 0 bridgehead atoms. The van der Waals surface area contributed by atoms with Crippen LogP contribution in [-0.2, 0) is 0 Å². The van der Waals surface area contributed by atoms with Crippen molar-refractivity contribution in [2.45, 2.75) is 32.7 Å². The summed E-state index contributed by atoms with van der Waals surface area (Å²) < 4.78 is 0. The van der Waals surface area contributed by atoms with Crippen molar-refractivity contribution in [3.63, 3.8) is 0 Å². The lowest BCUT2D eigenvalue weighted by Crippen LogP contribution is -2.54. The largest absolute Gasteiger partial charge is 0.367 e. The number of aromatic nitrogens is 3. The minimum atomic E-state index is 0.234. The minimum absolute atomic E-state index is 0.234. The fourth-order valence-electron chi connectivity index (χ4n) is 4.88. The molecule has 6 heteroatoms. The summed E-state index contributed by atoms with van der Waals surface area (Å²) >= 11 is 0. The van der Waals surface area contributed by atoms with Crippen LogP contribution in [0.5, 0.6) is 0 Å². The molecule has 2 aromatic heterocycles. The highest BCUT2D eigenvalue weighted by molar-refractivity contribution is 5.89. The van der Waals surface area contributed by atoms with Crippen molar-refractivity contribution in [1.82, 2.24) is 20.3 Å². The summed E-state index contributed by atoms with van der Waals surface area (Å²) in [5, 5.41) is 3.81. The Balaban J connectivity index is 1.39. The summed E-state index contributed by atoms with van der Waals surface area (Å²) in [5.41, 5.74) is 5.39. The van der Waals surface area contributed by atoms with Crippen molar-refractivity contribution in [1.29, 1.82) is 0 Å². The van der Waals surface area contributed by atoms with Crippen LogP contribution >= 0.6 is 0 Å². The molecule has 1 aromatic carbocycles. The molecule has 154 valence electrons. The van der Waals surface area contributed by atoms with E-state index < -0.39 is 0 Å². The van der Waals surface area contributed by atoms with E-state index in [9.17, 15) is 0 Å². The summed E-state index contributed by atoms with van der Waals surface area (Å²) in [4.78, 5) is 20.3. The second-order valence-electron chi connectivity index (χ2n) is 9.55. The molecule has 2 unspecified atom stereocenters. The van der Waals surface area contributed by atoms with Crippen LogP contribution < -0.4 is 10.2 Å². The molecular formula is C24H28N6. The highest BCUT2D eigenvalue weighted by Crippen LogP contribution is 2.55. The van der Waals surface area contributed by atoms with Crippen LogP contribution in [0, 0.1) is 11.3 Å². The second-order valence-corrected chi connectivity index (χ2v) is 9.55. The maximum atomic E-state index is 4.80.